The van der Waals surface area contributed by atoms with Crippen LogP contribution >= 0.6 is 0 Å². The fourth-order valence-electron chi connectivity index (χ4n) is 2.07. The molecule has 0 fully saturated rings. The summed E-state index contributed by atoms with van der Waals surface area (Å²) in [5.41, 5.74) is 1.77. The summed E-state index contributed by atoms with van der Waals surface area (Å²) in [5, 5.41) is 20.4. The standard InChI is InChI=1S/C16H18O2/c1-12(13-8-4-2-5-9-13)15(17)16(18)14-10-6-3-7-11-14/h2-12,15-18H,1H3. The van der Waals surface area contributed by atoms with E-state index in [0.717, 1.165) is 11.1 Å². The molecule has 0 radical (unpaired) electrons. The maximum Gasteiger partial charge on any atom is 0.105 e. The van der Waals surface area contributed by atoms with Crippen LogP contribution in [0.1, 0.15) is 30.1 Å². The van der Waals surface area contributed by atoms with Crippen molar-refractivity contribution in [3.05, 3.63) is 71.8 Å². The van der Waals surface area contributed by atoms with Gasteiger partial charge in [-0.15, -0.1) is 0 Å². The van der Waals surface area contributed by atoms with E-state index in [4.69, 9.17) is 0 Å². The molecule has 0 aromatic heterocycles. The summed E-state index contributed by atoms with van der Waals surface area (Å²) in [6.07, 6.45) is -1.67. The highest BCUT2D eigenvalue weighted by molar-refractivity contribution is 5.23. The molecule has 2 aromatic carbocycles. The Hall–Kier alpha value is -1.64. The van der Waals surface area contributed by atoms with Gasteiger partial charge in [-0.1, -0.05) is 67.6 Å². The Bertz CT molecular complexity index is 421. The van der Waals surface area contributed by atoms with E-state index in [-0.39, 0.29) is 5.92 Å². The molecule has 0 spiro atoms. The van der Waals surface area contributed by atoms with Gasteiger partial charge in [0.15, 0.2) is 0 Å². The fourth-order valence-corrected chi connectivity index (χ4v) is 2.07. The van der Waals surface area contributed by atoms with E-state index in [2.05, 4.69) is 0 Å². The van der Waals surface area contributed by atoms with Crippen LogP contribution in [0.25, 0.3) is 0 Å². The van der Waals surface area contributed by atoms with Crippen LogP contribution in [0.5, 0.6) is 0 Å². The smallest absolute Gasteiger partial charge is 0.105 e. The third-order valence-corrected chi connectivity index (χ3v) is 3.30. The van der Waals surface area contributed by atoms with Crippen LogP contribution in [0.3, 0.4) is 0 Å². The largest absolute Gasteiger partial charge is 0.389 e. The molecule has 2 heteroatoms. The minimum absolute atomic E-state index is 0.110. The van der Waals surface area contributed by atoms with Crippen molar-refractivity contribution in [1.29, 1.82) is 0 Å². The van der Waals surface area contributed by atoms with Crippen molar-refractivity contribution in [3.8, 4) is 0 Å². The highest BCUT2D eigenvalue weighted by atomic mass is 16.3. The van der Waals surface area contributed by atoms with Crippen molar-refractivity contribution < 1.29 is 10.2 Å². The van der Waals surface area contributed by atoms with Crippen LogP contribution in [0.15, 0.2) is 60.7 Å². The average molecular weight is 242 g/mol. The number of rotatable bonds is 4. The van der Waals surface area contributed by atoms with Gasteiger partial charge in [0.2, 0.25) is 0 Å². The molecule has 3 atom stereocenters. The Morgan fingerprint density at radius 1 is 0.722 bits per heavy atom. The summed E-state index contributed by atoms with van der Waals surface area (Å²) >= 11 is 0. The molecule has 18 heavy (non-hydrogen) atoms. The fraction of sp³-hybridized carbons (Fsp3) is 0.250. The maximum absolute atomic E-state index is 10.2. The van der Waals surface area contributed by atoms with Crippen LogP contribution < -0.4 is 0 Å². The lowest BCUT2D eigenvalue weighted by atomic mass is 9.89. The molecule has 0 bridgehead atoms. The first kappa shape index (κ1) is 12.8. The normalized spacial score (nSPS) is 15.9. The highest BCUT2D eigenvalue weighted by Crippen LogP contribution is 2.28. The van der Waals surface area contributed by atoms with Gasteiger partial charge in [0.25, 0.3) is 0 Å². The average Bonchev–Trinajstić information content (AvgIpc) is 2.47. The minimum atomic E-state index is -0.860. The van der Waals surface area contributed by atoms with Crippen LogP contribution in [-0.4, -0.2) is 16.3 Å². The molecule has 2 N–H and O–H groups in total. The van der Waals surface area contributed by atoms with Gasteiger partial charge in [-0.05, 0) is 11.1 Å². The zero-order chi connectivity index (χ0) is 13.0. The second-order valence-electron chi connectivity index (χ2n) is 4.55. The molecule has 0 aliphatic carbocycles. The van der Waals surface area contributed by atoms with Crippen LogP contribution in [-0.2, 0) is 0 Å². The lowest BCUT2D eigenvalue weighted by Gasteiger charge is -2.24. The van der Waals surface area contributed by atoms with Crippen molar-refractivity contribution >= 4 is 0 Å². The topological polar surface area (TPSA) is 40.5 Å². The summed E-state index contributed by atoms with van der Waals surface area (Å²) in [6, 6.07) is 19.0. The van der Waals surface area contributed by atoms with Gasteiger partial charge in [-0.3, -0.25) is 0 Å². The second-order valence-corrected chi connectivity index (χ2v) is 4.55. The second kappa shape index (κ2) is 5.80. The predicted octanol–water partition coefficient (Wildman–Crippen LogP) is 2.88. The quantitative estimate of drug-likeness (QED) is 0.865. The third-order valence-electron chi connectivity index (χ3n) is 3.30. The SMILES string of the molecule is CC(c1ccccc1)C(O)C(O)c1ccccc1. The molecule has 0 amide bonds. The number of benzene rings is 2. The molecule has 94 valence electrons. The Morgan fingerprint density at radius 3 is 1.67 bits per heavy atom. The van der Waals surface area contributed by atoms with Gasteiger partial charge in [-0.2, -0.15) is 0 Å². The number of hydrogen-bond acceptors (Lipinski definition) is 2. The monoisotopic (exact) mass is 242 g/mol. The zero-order valence-corrected chi connectivity index (χ0v) is 10.4. The van der Waals surface area contributed by atoms with E-state index in [1.54, 1.807) is 0 Å². The van der Waals surface area contributed by atoms with Crippen LogP contribution in [0, 0.1) is 0 Å². The molecule has 0 aliphatic heterocycles. The first-order valence-electron chi connectivity index (χ1n) is 6.16. The van der Waals surface area contributed by atoms with Gasteiger partial charge in [0.1, 0.15) is 6.10 Å². The summed E-state index contributed by atoms with van der Waals surface area (Å²) in [5.74, 6) is -0.110. The molecular formula is C16H18O2. The molecular weight excluding hydrogens is 224 g/mol. The van der Waals surface area contributed by atoms with Crippen molar-refractivity contribution in [2.75, 3.05) is 0 Å². The van der Waals surface area contributed by atoms with Crippen LogP contribution in [0.2, 0.25) is 0 Å². The van der Waals surface area contributed by atoms with Gasteiger partial charge < -0.3 is 10.2 Å². The molecule has 0 aliphatic rings. The van der Waals surface area contributed by atoms with E-state index < -0.39 is 12.2 Å². The van der Waals surface area contributed by atoms with E-state index in [9.17, 15) is 10.2 Å². The molecule has 0 saturated heterocycles. The lowest BCUT2D eigenvalue weighted by Crippen LogP contribution is -2.24. The Kier molecular flexibility index (Phi) is 4.13. The summed E-state index contributed by atoms with van der Waals surface area (Å²) < 4.78 is 0. The summed E-state index contributed by atoms with van der Waals surface area (Å²) in [6.45, 7) is 1.92. The Labute approximate surface area is 108 Å². The first-order valence-corrected chi connectivity index (χ1v) is 6.16. The van der Waals surface area contributed by atoms with Crippen molar-refractivity contribution in [3.63, 3.8) is 0 Å². The first-order chi connectivity index (χ1) is 8.70. The Balaban J connectivity index is 2.14. The maximum atomic E-state index is 10.2. The molecule has 2 rings (SSSR count). The van der Waals surface area contributed by atoms with E-state index in [1.165, 1.54) is 0 Å². The van der Waals surface area contributed by atoms with Gasteiger partial charge in [-0.25, -0.2) is 0 Å². The van der Waals surface area contributed by atoms with Crippen molar-refractivity contribution in [2.24, 2.45) is 0 Å². The summed E-state index contributed by atoms with van der Waals surface area (Å²) in [4.78, 5) is 0. The third kappa shape index (κ3) is 2.78. The molecule has 0 heterocycles. The van der Waals surface area contributed by atoms with Gasteiger partial charge in [0, 0.05) is 5.92 Å². The molecule has 3 unspecified atom stereocenters. The van der Waals surface area contributed by atoms with E-state index >= 15 is 0 Å². The predicted molar refractivity (Wildman–Crippen MR) is 72.3 cm³/mol. The van der Waals surface area contributed by atoms with Crippen molar-refractivity contribution in [1.82, 2.24) is 0 Å². The highest BCUT2D eigenvalue weighted by Gasteiger charge is 2.25. The number of hydrogen-bond donors (Lipinski definition) is 2. The van der Waals surface area contributed by atoms with Gasteiger partial charge in [0.05, 0.1) is 6.10 Å². The van der Waals surface area contributed by atoms with Gasteiger partial charge >= 0.3 is 0 Å². The number of aliphatic hydroxyl groups excluding tert-OH is 2. The Morgan fingerprint density at radius 2 is 1.17 bits per heavy atom. The lowest BCUT2D eigenvalue weighted by molar-refractivity contribution is 0.00462. The minimum Gasteiger partial charge on any atom is -0.389 e. The zero-order valence-electron chi connectivity index (χ0n) is 10.4. The molecule has 2 aromatic rings. The van der Waals surface area contributed by atoms with E-state index in [1.807, 2.05) is 67.6 Å². The summed E-state index contributed by atoms with van der Waals surface area (Å²) in [7, 11) is 0. The molecule has 0 saturated carbocycles. The number of aliphatic hydroxyl groups is 2. The van der Waals surface area contributed by atoms with Crippen LogP contribution in [0.4, 0.5) is 0 Å². The molecule has 2 nitrogen and oxygen atoms in total. The van der Waals surface area contributed by atoms with Crippen molar-refractivity contribution in [2.45, 2.75) is 25.0 Å². The van der Waals surface area contributed by atoms with E-state index in [0.29, 0.717) is 0 Å².